The minimum Gasteiger partial charge on any atom is -0.308 e. The summed E-state index contributed by atoms with van der Waals surface area (Å²) in [5, 5.41) is 6.22. The van der Waals surface area contributed by atoms with E-state index in [-0.39, 0.29) is 0 Å². The Morgan fingerprint density at radius 2 is 1.26 bits per heavy atom. The second-order valence-corrected chi connectivity index (χ2v) is 9.13. The lowest BCUT2D eigenvalue weighted by Crippen LogP contribution is -1.87. The molecule has 4 aromatic carbocycles. The fourth-order valence-corrected chi connectivity index (χ4v) is 5.69. The van der Waals surface area contributed by atoms with Gasteiger partial charge in [-0.3, -0.25) is 9.97 Å². The molecular formula is C32H19N3. The van der Waals surface area contributed by atoms with Crippen LogP contribution in [0.3, 0.4) is 0 Å². The SMILES string of the molecule is c1cc(-c2cc3c4ccccc4n4c5ccccc5c(c2)c34)cc(-c2cncc3cccnc23)c1. The molecule has 8 aromatic rings. The lowest BCUT2D eigenvalue weighted by molar-refractivity contribution is 1.32. The van der Waals surface area contributed by atoms with Crippen LogP contribution >= 0.6 is 0 Å². The smallest absolute Gasteiger partial charge is 0.0811 e. The van der Waals surface area contributed by atoms with Crippen molar-refractivity contribution in [3.05, 3.63) is 116 Å². The molecule has 0 N–H and O–H groups in total. The van der Waals surface area contributed by atoms with E-state index in [0.717, 1.165) is 22.0 Å². The number of benzene rings is 4. The van der Waals surface area contributed by atoms with Crippen LogP contribution in [0.2, 0.25) is 0 Å². The van der Waals surface area contributed by atoms with Gasteiger partial charge in [-0.25, -0.2) is 0 Å². The van der Waals surface area contributed by atoms with Crippen molar-refractivity contribution in [2.24, 2.45) is 0 Å². The topological polar surface area (TPSA) is 30.2 Å². The number of hydrogen-bond donors (Lipinski definition) is 0. The zero-order valence-corrected chi connectivity index (χ0v) is 18.8. The highest BCUT2D eigenvalue weighted by Crippen LogP contribution is 2.42. The molecular weight excluding hydrogens is 426 g/mol. The van der Waals surface area contributed by atoms with Crippen LogP contribution in [0, 0.1) is 0 Å². The maximum absolute atomic E-state index is 4.64. The number of hydrogen-bond acceptors (Lipinski definition) is 2. The van der Waals surface area contributed by atoms with Gasteiger partial charge in [0.15, 0.2) is 0 Å². The summed E-state index contributed by atoms with van der Waals surface area (Å²) in [6.45, 7) is 0. The molecule has 0 bridgehead atoms. The lowest BCUT2D eigenvalue weighted by atomic mass is 9.96. The van der Waals surface area contributed by atoms with Crippen molar-refractivity contribution in [1.29, 1.82) is 0 Å². The predicted octanol–water partition coefficient (Wildman–Crippen LogP) is 8.11. The Labute approximate surface area is 201 Å². The minimum atomic E-state index is 0.978. The Morgan fingerprint density at radius 3 is 2.03 bits per heavy atom. The van der Waals surface area contributed by atoms with Crippen molar-refractivity contribution in [2.45, 2.75) is 0 Å². The molecule has 0 unspecified atom stereocenters. The normalized spacial score (nSPS) is 12.0. The molecule has 0 amide bonds. The van der Waals surface area contributed by atoms with Crippen LogP contribution in [-0.4, -0.2) is 14.4 Å². The van der Waals surface area contributed by atoms with Crippen LogP contribution in [0.1, 0.15) is 0 Å². The Morgan fingerprint density at radius 1 is 0.543 bits per heavy atom. The predicted molar refractivity (Wildman–Crippen MR) is 145 cm³/mol. The van der Waals surface area contributed by atoms with E-state index >= 15 is 0 Å². The average molecular weight is 446 g/mol. The second-order valence-electron chi connectivity index (χ2n) is 9.13. The summed E-state index contributed by atoms with van der Waals surface area (Å²) in [4.78, 5) is 9.12. The lowest BCUT2D eigenvalue weighted by Gasteiger charge is -2.09. The summed E-state index contributed by atoms with van der Waals surface area (Å²) in [5.41, 5.74) is 9.38. The Bertz CT molecular complexity index is 1980. The molecule has 8 rings (SSSR count). The van der Waals surface area contributed by atoms with Crippen LogP contribution in [0.15, 0.2) is 116 Å². The van der Waals surface area contributed by atoms with Gasteiger partial charge < -0.3 is 4.40 Å². The van der Waals surface area contributed by atoms with Crippen molar-refractivity contribution in [1.82, 2.24) is 14.4 Å². The summed E-state index contributed by atoms with van der Waals surface area (Å²) < 4.78 is 2.42. The van der Waals surface area contributed by atoms with Crippen molar-refractivity contribution in [2.75, 3.05) is 0 Å². The van der Waals surface area contributed by atoms with Gasteiger partial charge in [0.1, 0.15) is 0 Å². The minimum absolute atomic E-state index is 0.978. The molecule has 3 nitrogen and oxygen atoms in total. The molecule has 0 aliphatic carbocycles. The summed E-state index contributed by atoms with van der Waals surface area (Å²) in [5.74, 6) is 0. The molecule has 162 valence electrons. The van der Waals surface area contributed by atoms with Crippen LogP contribution < -0.4 is 0 Å². The van der Waals surface area contributed by atoms with Gasteiger partial charge >= 0.3 is 0 Å². The number of aromatic nitrogens is 3. The van der Waals surface area contributed by atoms with E-state index in [1.807, 2.05) is 24.7 Å². The zero-order valence-electron chi connectivity index (χ0n) is 18.8. The Balaban J connectivity index is 1.43. The van der Waals surface area contributed by atoms with Gasteiger partial charge in [-0.2, -0.15) is 0 Å². The van der Waals surface area contributed by atoms with E-state index in [1.165, 1.54) is 49.2 Å². The van der Waals surface area contributed by atoms with Gasteiger partial charge in [0.05, 0.1) is 22.1 Å². The summed E-state index contributed by atoms with van der Waals surface area (Å²) in [6, 6.07) is 34.9. The van der Waals surface area contributed by atoms with E-state index in [2.05, 4.69) is 105 Å². The van der Waals surface area contributed by atoms with Crippen molar-refractivity contribution in [3.63, 3.8) is 0 Å². The summed E-state index contributed by atoms with van der Waals surface area (Å²) in [6.07, 6.45) is 5.64. The molecule has 4 heterocycles. The van der Waals surface area contributed by atoms with Crippen molar-refractivity contribution in [3.8, 4) is 22.3 Å². The monoisotopic (exact) mass is 445 g/mol. The highest BCUT2D eigenvalue weighted by Gasteiger charge is 2.18. The van der Waals surface area contributed by atoms with Gasteiger partial charge in [-0.1, -0.05) is 54.6 Å². The van der Waals surface area contributed by atoms with E-state index in [1.54, 1.807) is 0 Å². The van der Waals surface area contributed by atoms with Gasteiger partial charge in [-0.05, 0) is 59.2 Å². The van der Waals surface area contributed by atoms with Gasteiger partial charge in [0.2, 0.25) is 0 Å². The molecule has 0 aliphatic heterocycles. The fourth-order valence-electron chi connectivity index (χ4n) is 5.69. The molecule has 35 heavy (non-hydrogen) atoms. The first kappa shape index (κ1) is 18.6. The zero-order chi connectivity index (χ0) is 22.9. The van der Waals surface area contributed by atoms with Crippen LogP contribution in [0.25, 0.3) is 71.3 Å². The first-order chi connectivity index (χ1) is 17.4. The standard InChI is InChI=1S/C32H19N3/c1-3-12-29-24(10-1)26-16-23(17-27-25-11-2-4-13-30(25)35(29)32(26)27)20-7-5-8-21(15-20)28-19-33-18-22-9-6-14-34-31(22)28/h1-19H. The van der Waals surface area contributed by atoms with Crippen LogP contribution in [0.5, 0.6) is 0 Å². The van der Waals surface area contributed by atoms with Crippen molar-refractivity contribution >= 4 is 49.0 Å². The molecule has 0 saturated heterocycles. The highest BCUT2D eigenvalue weighted by atomic mass is 14.9. The summed E-state index contributed by atoms with van der Waals surface area (Å²) in [7, 11) is 0. The molecule has 4 aromatic heterocycles. The molecule has 0 fully saturated rings. The first-order valence-corrected chi connectivity index (χ1v) is 11.8. The third-order valence-corrected chi connectivity index (χ3v) is 7.22. The maximum Gasteiger partial charge on any atom is 0.0811 e. The quantitative estimate of drug-likeness (QED) is 0.269. The molecule has 0 atom stereocenters. The second kappa shape index (κ2) is 6.87. The molecule has 0 saturated carbocycles. The van der Waals surface area contributed by atoms with Crippen molar-refractivity contribution < 1.29 is 0 Å². The number of rotatable bonds is 2. The average Bonchev–Trinajstić information content (AvgIpc) is 3.44. The Hall–Kier alpha value is -4.76. The Kier molecular flexibility index (Phi) is 3.66. The fraction of sp³-hybridized carbons (Fsp3) is 0. The highest BCUT2D eigenvalue weighted by molar-refractivity contribution is 6.24. The van der Waals surface area contributed by atoms with Gasteiger partial charge in [0.25, 0.3) is 0 Å². The number of fused-ring (bicyclic) bond motifs is 7. The van der Waals surface area contributed by atoms with E-state index in [0.29, 0.717) is 0 Å². The van der Waals surface area contributed by atoms with Gasteiger partial charge in [0, 0.05) is 51.1 Å². The van der Waals surface area contributed by atoms with E-state index < -0.39 is 0 Å². The molecule has 0 radical (unpaired) electrons. The van der Waals surface area contributed by atoms with E-state index in [9.17, 15) is 0 Å². The molecule has 3 heteroatoms. The number of para-hydroxylation sites is 2. The number of pyridine rings is 2. The van der Waals surface area contributed by atoms with Gasteiger partial charge in [-0.15, -0.1) is 0 Å². The summed E-state index contributed by atoms with van der Waals surface area (Å²) >= 11 is 0. The first-order valence-electron chi connectivity index (χ1n) is 11.8. The van der Waals surface area contributed by atoms with Crippen LogP contribution in [0.4, 0.5) is 0 Å². The third-order valence-electron chi connectivity index (χ3n) is 7.22. The maximum atomic E-state index is 4.64. The third kappa shape index (κ3) is 2.55. The largest absolute Gasteiger partial charge is 0.308 e. The molecule has 0 spiro atoms. The van der Waals surface area contributed by atoms with Crippen LogP contribution in [-0.2, 0) is 0 Å². The van der Waals surface area contributed by atoms with E-state index in [4.69, 9.17) is 0 Å². The number of nitrogens with zero attached hydrogens (tertiary/aromatic N) is 3. The molecule has 0 aliphatic rings.